The number of anilines is 1. The van der Waals surface area contributed by atoms with E-state index in [1.54, 1.807) is 24.3 Å². The molecule has 0 saturated heterocycles. The monoisotopic (exact) mass is 396 g/mol. The van der Waals surface area contributed by atoms with Crippen LogP contribution in [-0.2, 0) is 14.3 Å². The third kappa shape index (κ3) is 4.17. The van der Waals surface area contributed by atoms with Gasteiger partial charge in [0.1, 0.15) is 6.61 Å². The van der Waals surface area contributed by atoms with Crippen molar-refractivity contribution in [2.75, 3.05) is 11.9 Å². The first-order valence-electron chi connectivity index (χ1n) is 7.65. The van der Waals surface area contributed by atoms with Gasteiger partial charge in [-0.3, -0.25) is 4.79 Å². The zero-order valence-corrected chi connectivity index (χ0v) is 15.1. The number of para-hydroxylation sites is 2. The van der Waals surface area contributed by atoms with E-state index >= 15 is 0 Å². The number of nitrogens with one attached hydrogen (secondary N) is 1. The fourth-order valence-electron chi connectivity index (χ4n) is 2.16. The number of hydrogen-bond acceptors (Lipinski definition) is 6. The third-order valence-electron chi connectivity index (χ3n) is 3.48. The molecule has 9 heteroatoms. The average molecular weight is 397 g/mol. The Morgan fingerprint density at radius 3 is 2.77 bits per heavy atom. The summed E-state index contributed by atoms with van der Waals surface area (Å²) < 4.78 is 16.2. The van der Waals surface area contributed by atoms with E-state index in [0.717, 1.165) is 0 Å². The molecule has 0 fully saturated rings. The zero-order valence-electron chi connectivity index (χ0n) is 13.6. The summed E-state index contributed by atoms with van der Waals surface area (Å²) in [7, 11) is 0. The number of amides is 1. The van der Waals surface area contributed by atoms with E-state index in [2.05, 4.69) is 10.3 Å². The molecule has 1 amide bonds. The first-order chi connectivity index (χ1) is 12.4. The summed E-state index contributed by atoms with van der Waals surface area (Å²) in [5, 5.41) is 2.98. The number of carbonyl (C=O) groups is 2. The quantitative estimate of drug-likeness (QED) is 0.798. The number of rotatable bonds is 4. The second-order valence-corrected chi connectivity index (χ2v) is 6.26. The lowest BCUT2D eigenvalue weighted by Gasteiger charge is -2.25. The SMILES string of the molecule is C[C@@H](OC(=O)[C@H]1COc2ccccc2O1)C(=O)Nc1ncc(Cl)cc1Cl. The van der Waals surface area contributed by atoms with Gasteiger partial charge in [0.05, 0.1) is 10.0 Å². The van der Waals surface area contributed by atoms with Gasteiger partial charge in [-0.25, -0.2) is 9.78 Å². The summed E-state index contributed by atoms with van der Waals surface area (Å²) in [4.78, 5) is 28.3. The highest BCUT2D eigenvalue weighted by Crippen LogP contribution is 2.31. The predicted octanol–water partition coefficient (Wildman–Crippen LogP) is 3.10. The van der Waals surface area contributed by atoms with Crippen LogP contribution in [0.3, 0.4) is 0 Å². The number of aromatic nitrogens is 1. The molecule has 1 aromatic carbocycles. The second kappa shape index (κ2) is 7.80. The Morgan fingerprint density at radius 2 is 2.04 bits per heavy atom. The normalized spacial score (nSPS) is 16.5. The van der Waals surface area contributed by atoms with E-state index in [1.165, 1.54) is 19.2 Å². The minimum atomic E-state index is -1.09. The fraction of sp³-hybridized carbons (Fsp3) is 0.235. The van der Waals surface area contributed by atoms with Gasteiger partial charge in [0.15, 0.2) is 23.4 Å². The van der Waals surface area contributed by atoms with E-state index in [1.807, 2.05) is 0 Å². The van der Waals surface area contributed by atoms with Crippen LogP contribution in [0.25, 0.3) is 0 Å². The molecule has 2 heterocycles. The van der Waals surface area contributed by atoms with Crippen molar-refractivity contribution < 1.29 is 23.8 Å². The maximum atomic E-state index is 12.2. The van der Waals surface area contributed by atoms with Gasteiger partial charge >= 0.3 is 5.97 Å². The lowest BCUT2D eigenvalue weighted by Crippen LogP contribution is -2.41. The molecule has 0 bridgehead atoms. The molecule has 0 saturated carbocycles. The van der Waals surface area contributed by atoms with Crippen molar-refractivity contribution in [2.24, 2.45) is 0 Å². The van der Waals surface area contributed by atoms with E-state index in [4.69, 9.17) is 37.4 Å². The Balaban J connectivity index is 1.58. The predicted molar refractivity (Wildman–Crippen MR) is 94.8 cm³/mol. The van der Waals surface area contributed by atoms with Crippen molar-refractivity contribution >= 4 is 40.9 Å². The van der Waals surface area contributed by atoms with E-state index < -0.39 is 24.1 Å². The molecule has 1 aliphatic heterocycles. The van der Waals surface area contributed by atoms with Crippen LogP contribution in [0.5, 0.6) is 11.5 Å². The Bertz CT molecular complexity index is 846. The van der Waals surface area contributed by atoms with Crippen LogP contribution < -0.4 is 14.8 Å². The Hall–Kier alpha value is -2.51. The molecule has 0 spiro atoms. The minimum Gasteiger partial charge on any atom is -0.485 e. The summed E-state index contributed by atoms with van der Waals surface area (Å²) in [6.45, 7) is 1.42. The maximum Gasteiger partial charge on any atom is 0.351 e. The number of pyridine rings is 1. The van der Waals surface area contributed by atoms with Gasteiger partial charge < -0.3 is 19.5 Å². The van der Waals surface area contributed by atoms with Crippen molar-refractivity contribution in [2.45, 2.75) is 19.1 Å². The Labute approximate surface area is 159 Å². The van der Waals surface area contributed by atoms with Gasteiger partial charge in [-0.1, -0.05) is 35.3 Å². The largest absolute Gasteiger partial charge is 0.485 e. The number of ether oxygens (including phenoxy) is 3. The fourth-order valence-corrected chi connectivity index (χ4v) is 2.59. The van der Waals surface area contributed by atoms with Crippen LogP contribution in [0.15, 0.2) is 36.5 Å². The summed E-state index contributed by atoms with van der Waals surface area (Å²) in [5.41, 5.74) is 0. The number of benzene rings is 1. The second-order valence-electron chi connectivity index (χ2n) is 5.42. The molecule has 1 aromatic heterocycles. The molecular weight excluding hydrogens is 383 g/mol. The average Bonchev–Trinajstić information content (AvgIpc) is 2.63. The molecular formula is C17H14Cl2N2O5. The summed E-state index contributed by atoms with van der Waals surface area (Å²) in [6.07, 6.45) is -0.709. The van der Waals surface area contributed by atoms with Gasteiger partial charge in [-0.15, -0.1) is 0 Å². The number of hydrogen-bond donors (Lipinski definition) is 1. The summed E-state index contributed by atoms with van der Waals surface area (Å²) in [6, 6.07) is 8.40. The van der Waals surface area contributed by atoms with Crippen LogP contribution in [0.2, 0.25) is 10.0 Å². The molecule has 0 unspecified atom stereocenters. The number of carbonyl (C=O) groups excluding carboxylic acids is 2. The standard InChI is InChI=1S/C17H14Cl2N2O5/c1-9(16(22)21-15-11(19)6-10(18)7-20-15)25-17(23)14-8-24-12-4-2-3-5-13(12)26-14/h2-7,9,14H,8H2,1H3,(H,20,21,22)/t9-,14-/m1/s1. The van der Waals surface area contributed by atoms with Gasteiger partial charge in [-0.2, -0.15) is 0 Å². The van der Waals surface area contributed by atoms with Gasteiger partial charge in [0.2, 0.25) is 6.10 Å². The molecule has 136 valence electrons. The van der Waals surface area contributed by atoms with Crippen LogP contribution in [0.4, 0.5) is 5.82 Å². The van der Waals surface area contributed by atoms with Crippen LogP contribution in [-0.4, -0.2) is 35.7 Å². The van der Waals surface area contributed by atoms with Crippen molar-refractivity contribution in [3.05, 3.63) is 46.6 Å². The highest BCUT2D eigenvalue weighted by Gasteiger charge is 2.31. The highest BCUT2D eigenvalue weighted by atomic mass is 35.5. The molecule has 3 rings (SSSR count). The summed E-state index contributed by atoms with van der Waals surface area (Å²) >= 11 is 11.7. The van der Waals surface area contributed by atoms with Crippen molar-refractivity contribution in [1.29, 1.82) is 0 Å². The van der Waals surface area contributed by atoms with E-state index in [9.17, 15) is 9.59 Å². The minimum absolute atomic E-state index is 0.00520. The number of nitrogens with zero attached hydrogens (tertiary/aromatic N) is 1. The summed E-state index contributed by atoms with van der Waals surface area (Å²) in [5.74, 6) is -0.194. The first-order valence-corrected chi connectivity index (χ1v) is 8.40. The van der Waals surface area contributed by atoms with Crippen molar-refractivity contribution in [3.63, 3.8) is 0 Å². The van der Waals surface area contributed by atoms with Gasteiger partial charge in [0.25, 0.3) is 5.91 Å². The third-order valence-corrected chi connectivity index (χ3v) is 3.98. The molecule has 2 atom stereocenters. The molecule has 2 aromatic rings. The van der Waals surface area contributed by atoms with E-state index in [0.29, 0.717) is 16.5 Å². The van der Waals surface area contributed by atoms with Gasteiger partial charge in [0, 0.05) is 6.20 Å². The molecule has 0 radical (unpaired) electrons. The number of esters is 1. The molecule has 1 N–H and O–H groups in total. The topological polar surface area (TPSA) is 86.8 Å². The van der Waals surface area contributed by atoms with E-state index in [-0.39, 0.29) is 17.4 Å². The number of fused-ring (bicyclic) bond motifs is 1. The Morgan fingerprint density at radius 1 is 1.31 bits per heavy atom. The van der Waals surface area contributed by atoms with Crippen LogP contribution in [0, 0.1) is 0 Å². The van der Waals surface area contributed by atoms with Crippen LogP contribution in [0.1, 0.15) is 6.92 Å². The number of halogens is 2. The molecule has 1 aliphatic rings. The maximum absolute atomic E-state index is 12.2. The smallest absolute Gasteiger partial charge is 0.351 e. The zero-order chi connectivity index (χ0) is 18.7. The molecule has 26 heavy (non-hydrogen) atoms. The van der Waals surface area contributed by atoms with Crippen LogP contribution >= 0.6 is 23.2 Å². The van der Waals surface area contributed by atoms with Crippen molar-refractivity contribution in [3.8, 4) is 11.5 Å². The van der Waals surface area contributed by atoms with Crippen molar-refractivity contribution in [1.82, 2.24) is 4.98 Å². The lowest BCUT2D eigenvalue weighted by atomic mass is 10.2. The molecule has 0 aliphatic carbocycles. The Kier molecular flexibility index (Phi) is 5.49. The first kappa shape index (κ1) is 18.3. The highest BCUT2D eigenvalue weighted by molar-refractivity contribution is 6.36. The lowest BCUT2D eigenvalue weighted by molar-refractivity contribution is -0.162. The molecule has 7 nitrogen and oxygen atoms in total. The van der Waals surface area contributed by atoms with Gasteiger partial charge in [-0.05, 0) is 25.1 Å².